The maximum absolute atomic E-state index is 12.8. The van der Waals surface area contributed by atoms with Gasteiger partial charge < -0.3 is 19.4 Å². The second-order valence-corrected chi connectivity index (χ2v) is 7.36. The zero-order valence-corrected chi connectivity index (χ0v) is 16.2. The first-order valence-corrected chi connectivity index (χ1v) is 9.43. The van der Waals surface area contributed by atoms with Gasteiger partial charge in [-0.2, -0.15) is 0 Å². The molecule has 0 spiro atoms. The summed E-state index contributed by atoms with van der Waals surface area (Å²) >= 11 is 0. The quantitative estimate of drug-likeness (QED) is 0.796. The highest BCUT2D eigenvalue weighted by Crippen LogP contribution is 2.24. The van der Waals surface area contributed by atoms with Crippen molar-refractivity contribution in [3.8, 4) is 5.75 Å². The van der Waals surface area contributed by atoms with Crippen molar-refractivity contribution in [3.05, 3.63) is 29.8 Å². The molecule has 146 valence electrons. The first-order valence-electron chi connectivity index (χ1n) is 9.43. The molecule has 2 fully saturated rings. The molecular formula is C20H27N3O4. The summed E-state index contributed by atoms with van der Waals surface area (Å²) in [5, 5.41) is 0. The molecule has 0 aromatic heterocycles. The summed E-state index contributed by atoms with van der Waals surface area (Å²) in [6.07, 6.45) is 0.289. The number of piperazine rings is 1. The fourth-order valence-electron chi connectivity index (χ4n) is 3.78. The third kappa shape index (κ3) is 3.91. The third-order valence-corrected chi connectivity index (χ3v) is 5.35. The van der Waals surface area contributed by atoms with Crippen molar-refractivity contribution in [2.24, 2.45) is 5.92 Å². The standard InChI is InChI=1S/C20H27N3O4/c1-14(2)23-13-15(12-18(23)24)19(25)21-8-10-22(11-9-21)20(26)16-6-4-5-7-17(16)27-3/h4-7,14-15H,8-13H2,1-3H3. The van der Waals surface area contributed by atoms with E-state index in [0.717, 1.165) is 0 Å². The lowest BCUT2D eigenvalue weighted by atomic mass is 10.1. The SMILES string of the molecule is COc1ccccc1C(=O)N1CCN(C(=O)C2CC(=O)N(C(C)C)C2)CC1. The van der Waals surface area contributed by atoms with Gasteiger partial charge in [-0.15, -0.1) is 0 Å². The van der Waals surface area contributed by atoms with Gasteiger partial charge in [0.15, 0.2) is 0 Å². The van der Waals surface area contributed by atoms with Gasteiger partial charge in [-0.25, -0.2) is 0 Å². The molecule has 0 radical (unpaired) electrons. The van der Waals surface area contributed by atoms with Gasteiger partial charge in [-0.3, -0.25) is 14.4 Å². The van der Waals surface area contributed by atoms with Gasteiger partial charge in [-0.05, 0) is 26.0 Å². The van der Waals surface area contributed by atoms with Crippen LogP contribution in [-0.4, -0.2) is 78.3 Å². The first kappa shape index (κ1) is 19.2. The van der Waals surface area contributed by atoms with E-state index in [4.69, 9.17) is 4.74 Å². The van der Waals surface area contributed by atoms with E-state index in [9.17, 15) is 14.4 Å². The van der Waals surface area contributed by atoms with Crippen LogP contribution in [-0.2, 0) is 9.59 Å². The fraction of sp³-hybridized carbons (Fsp3) is 0.550. The lowest BCUT2D eigenvalue weighted by molar-refractivity contribution is -0.137. The molecule has 1 atom stereocenters. The van der Waals surface area contributed by atoms with Gasteiger partial charge in [0.05, 0.1) is 18.6 Å². The van der Waals surface area contributed by atoms with Crippen molar-refractivity contribution in [3.63, 3.8) is 0 Å². The summed E-state index contributed by atoms with van der Waals surface area (Å²) in [4.78, 5) is 42.9. The summed E-state index contributed by atoms with van der Waals surface area (Å²) in [5.41, 5.74) is 0.536. The average molecular weight is 373 g/mol. The van der Waals surface area contributed by atoms with Crippen LogP contribution in [0.25, 0.3) is 0 Å². The number of hydrogen-bond donors (Lipinski definition) is 0. The van der Waals surface area contributed by atoms with Crippen LogP contribution in [0.15, 0.2) is 24.3 Å². The van der Waals surface area contributed by atoms with E-state index in [2.05, 4.69) is 0 Å². The Hall–Kier alpha value is -2.57. The zero-order valence-electron chi connectivity index (χ0n) is 16.2. The van der Waals surface area contributed by atoms with Crippen molar-refractivity contribution in [2.75, 3.05) is 39.8 Å². The molecule has 1 aromatic rings. The summed E-state index contributed by atoms with van der Waals surface area (Å²) in [6.45, 7) is 6.38. The molecule has 2 aliphatic rings. The fourth-order valence-corrected chi connectivity index (χ4v) is 3.78. The maximum atomic E-state index is 12.8. The lowest BCUT2D eigenvalue weighted by Gasteiger charge is -2.36. The minimum atomic E-state index is -0.267. The summed E-state index contributed by atoms with van der Waals surface area (Å²) < 4.78 is 5.27. The van der Waals surface area contributed by atoms with E-state index in [1.54, 1.807) is 33.9 Å². The number of nitrogens with zero attached hydrogens (tertiary/aromatic N) is 3. The molecule has 0 saturated carbocycles. The van der Waals surface area contributed by atoms with Crippen LogP contribution < -0.4 is 4.74 Å². The Morgan fingerprint density at radius 1 is 1.07 bits per heavy atom. The number of benzene rings is 1. The minimum Gasteiger partial charge on any atom is -0.496 e. The summed E-state index contributed by atoms with van der Waals surface area (Å²) in [6, 6.07) is 7.28. The summed E-state index contributed by atoms with van der Waals surface area (Å²) in [5.74, 6) is 0.279. The monoisotopic (exact) mass is 373 g/mol. The molecule has 7 heteroatoms. The molecule has 2 aliphatic heterocycles. The molecule has 0 aliphatic carbocycles. The van der Waals surface area contributed by atoms with E-state index in [1.165, 1.54) is 0 Å². The lowest BCUT2D eigenvalue weighted by Crippen LogP contribution is -2.52. The van der Waals surface area contributed by atoms with Crippen LogP contribution in [0.2, 0.25) is 0 Å². The van der Waals surface area contributed by atoms with Crippen LogP contribution in [0, 0.1) is 5.92 Å². The van der Waals surface area contributed by atoms with Gasteiger partial charge in [0.2, 0.25) is 11.8 Å². The molecule has 3 amide bonds. The van der Waals surface area contributed by atoms with E-state index in [0.29, 0.717) is 44.0 Å². The van der Waals surface area contributed by atoms with Crippen LogP contribution in [0.1, 0.15) is 30.6 Å². The molecule has 3 rings (SSSR count). The summed E-state index contributed by atoms with van der Waals surface area (Å²) in [7, 11) is 1.55. The van der Waals surface area contributed by atoms with Gasteiger partial charge >= 0.3 is 0 Å². The highest BCUT2D eigenvalue weighted by Gasteiger charge is 2.38. The van der Waals surface area contributed by atoms with Gasteiger partial charge in [0, 0.05) is 45.2 Å². The number of rotatable bonds is 4. The van der Waals surface area contributed by atoms with Crippen molar-refractivity contribution in [1.82, 2.24) is 14.7 Å². The average Bonchev–Trinajstić information content (AvgIpc) is 3.09. The second-order valence-electron chi connectivity index (χ2n) is 7.36. The van der Waals surface area contributed by atoms with Crippen molar-refractivity contribution < 1.29 is 19.1 Å². The van der Waals surface area contributed by atoms with E-state index in [1.807, 2.05) is 26.0 Å². The number of carbonyl (C=O) groups is 3. The van der Waals surface area contributed by atoms with E-state index < -0.39 is 0 Å². The van der Waals surface area contributed by atoms with Crippen LogP contribution in [0.4, 0.5) is 0 Å². The normalized spacial score (nSPS) is 20.4. The van der Waals surface area contributed by atoms with Crippen molar-refractivity contribution in [2.45, 2.75) is 26.3 Å². The van der Waals surface area contributed by atoms with Gasteiger partial charge in [0.1, 0.15) is 5.75 Å². The van der Waals surface area contributed by atoms with E-state index in [-0.39, 0.29) is 36.1 Å². The maximum Gasteiger partial charge on any atom is 0.257 e. The Morgan fingerprint density at radius 2 is 1.70 bits per heavy atom. The van der Waals surface area contributed by atoms with Crippen LogP contribution >= 0.6 is 0 Å². The van der Waals surface area contributed by atoms with Gasteiger partial charge in [-0.1, -0.05) is 12.1 Å². The Labute approximate surface area is 159 Å². The van der Waals surface area contributed by atoms with Gasteiger partial charge in [0.25, 0.3) is 5.91 Å². The second kappa shape index (κ2) is 7.98. The molecule has 0 N–H and O–H groups in total. The molecule has 1 aromatic carbocycles. The Balaban J connectivity index is 1.58. The highest BCUT2D eigenvalue weighted by molar-refractivity contribution is 5.97. The molecule has 27 heavy (non-hydrogen) atoms. The number of para-hydroxylation sites is 1. The molecule has 1 unspecified atom stereocenters. The van der Waals surface area contributed by atoms with Crippen molar-refractivity contribution in [1.29, 1.82) is 0 Å². The minimum absolute atomic E-state index is 0.0240. The third-order valence-electron chi connectivity index (χ3n) is 5.35. The van der Waals surface area contributed by atoms with E-state index >= 15 is 0 Å². The van der Waals surface area contributed by atoms with Crippen LogP contribution in [0.3, 0.4) is 0 Å². The largest absolute Gasteiger partial charge is 0.496 e. The smallest absolute Gasteiger partial charge is 0.257 e. The topological polar surface area (TPSA) is 70.2 Å². The molecular weight excluding hydrogens is 346 g/mol. The Kier molecular flexibility index (Phi) is 5.68. The number of ether oxygens (including phenoxy) is 1. The predicted octanol–water partition coefficient (Wildman–Crippen LogP) is 1.24. The number of methoxy groups -OCH3 is 1. The number of carbonyl (C=O) groups excluding carboxylic acids is 3. The Bertz CT molecular complexity index is 726. The number of hydrogen-bond acceptors (Lipinski definition) is 4. The highest BCUT2D eigenvalue weighted by atomic mass is 16.5. The number of likely N-dealkylation sites (tertiary alicyclic amines) is 1. The Morgan fingerprint density at radius 3 is 2.30 bits per heavy atom. The predicted molar refractivity (Wildman–Crippen MR) is 100 cm³/mol. The number of amides is 3. The molecule has 7 nitrogen and oxygen atoms in total. The molecule has 0 bridgehead atoms. The molecule has 2 saturated heterocycles. The zero-order chi connectivity index (χ0) is 19.6. The van der Waals surface area contributed by atoms with Crippen molar-refractivity contribution >= 4 is 17.7 Å². The first-order chi connectivity index (χ1) is 12.9. The van der Waals surface area contributed by atoms with Crippen LogP contribution in [0.5, 0.6) is 5.75 Å². The molecule has 2 heterocycles.